The van der Waals surface area contributed by atoms with Gasteiger partial charge in [-0.2, -0.15) is 5.10 Å². The molecule has 2 aromatic rings. The van der Waals surface area contributed by atoms with Crippen LogP contribution in [0, 0.1) is 26.1 Å². The van der Waals surface area contributed by atoms with E-state index < -0.39 is 22.1 Å². The predicted octanol–water partition coefficient (Wildman–Crippen LogP) is 2.99. The lowest BCUT2D eigenvalue weighted by atomic mass is 10.1. The molecule has 10 nitrogen and oxygen atoms in total. The number of hydrazone groups is 1. The molecule has 0 unspecified atom stereocenters. The Morgan fingerprint density at radius 3 is 2.00 bits per heavy atom. The number of hydrogen-bond acceptors (Lipinski definition) is 7. The van der Waals surface area contributed by atoms with E-state index in [1.54, 1.807) is 12.1 Å². The molecule has 0 bridgehead atoms. The standard InChI is InChI=1S/C19H19N5O5/c1-12(2)17-19(25)22(20-11-13-3-7-15(8-4-13)23(26)27)18(21-17)14-5-9-16(10-6-14)24(28)29/h3-12,17-18,21H,1-2H3/b20-11+/t17-,18+/m0/s1. The molecule has 150 valence electrons. The van der Waals surface area contributed by atoms with Gasteiger partial charge >= 0.3 is 0 Å². The molecule has 0 radical (unpaired) electrons. The molecule has 29 heavy (non-hydrogen) atoms. The third-order valence-electron chi connectivity index (χ3n) is 4.60. The van der Waals surface area contributed by atoms with Crippen LogP contribution in [0.4, 0.5) is 11.4 Å². The van der Waals surface area contributed by atoms with Gasteiger partial charge in [0.15, 0.2) is 0 Å². The highest BCUT2D eigenvalue weighted by Crippen LogP contribution is 2.29. The fourth-order valence-corrected chi connectivity index (χ4v) is 3.01. The maximum Gasteiger partial charge on any atom is 0.269 e. The molecule has 1 aliphatic rings. The van der Waals surface area contributed by atoms with Gasteiger partial charge in [-0.05, 0) is 41.3 Å². The highest BCUT2D eigenvalue weighted by Gasteiger charge is 2.41. The van der Waals surface area contributed by atoms with Crippen LogP contribution in [0.25, 0.3) is 0 Å². The number of benzene rings is 2. The van der Waals surface area contributed by atoms with Crippen LogP contribution < -0.4 is 5.32 Å². The van der Waals surface area contributed by atoms with Gasteiger partial charge in [-0.25, -0.2) is 5.01 Å². The van der Waals surface area contributed by atoms with Crippen molar-refractivity contribution in [2.45, 2.75) is 26.1 Å². The number of non-ortho nitro benzene ring substituents is 2. The number of nitrogens with one attached hydrogen (secondary N) is 1. The Morgan fingerprint density at radius 1 is 1.00 bits per heavy atom. The number of rotatable bonds is 6. The van der Waals surface area contributed by atoms with Gasteiger partial charge in [0, 0.05) is 24.3 Å². The summed E-state index contributed by atoms with van der Waals surface area (Å²) in [6.07, 6.45) is 0.870. The molecule has 2 aromatic carbocycles. The number of nitro groups is 2. The average molecular weight is 397 g/mol. The van der Waals surface area contributed by atoms with E-state index in [0.717, 1.165) is 0 Å². The van der Waals surface area contributed by atoms with Crippen molar-refractivity contribution in [3.63, 3.8) is 0 Å². The van der Waals surface area contributed by atoms with Crippen LogP contribution in [0.2, 0.25) is 0 Å². The first kappa shape index (κ1) is 20.1. The Hall–Kier alpha value is -3.66. The molecule has 0 aromatic heterocycles. The zero-order chi connectivity index (χ0) is 21.1. The Morgan fingerprint density at radius 2 is 1.52 bits per heavy atom. The molecule has 0 spiro atoms. The molecule has 0 saturated carbocycles. The van der Waals surface area contributed by atoms with Crippen molar-refractivity contribution in [2.75, 3.05) is 0 Å². The van der Waals surface area contributed by atoms with E-state index in [-0.39, 0.29) is 23.2 Å². The number of amides is 1. The van der Waals surface area contributed by atoms with Crippen molar-refractivity contribution < 1.29 is 14.6 Å². The van der Waals surface area contributed by atoms with Gasteiger partial charge in [0.1, 0.15) is 6.17 Å². The number of nitro benzene ring substituents is 2. The number of hydrogen-bond donors (Lipinski definition) is 1. The van der Waals surface area contributed by atoms with Gasteiger partial charge in [0.2, 0.25) is 0 Å². The van der Waals surface area contributed by atoms with Crippen molar-refractivity contribution in [1.29, 1.82) is 0 Å². The van der Waals surface area contributed by atoms with E-state index >= 15 is 0 Å². The molecule has 10 heteroatoms. The normalized spacial score (nSPS) is 19.3. The summed E-state index contributed by atoms with van der Waals surface area (Å²) in [5.41, 5.74) is 1.18. The van der Waals surface area contributed by atoms with Crippen LogP contribution >= 0.6 is 0 Å². The molecule has 3 rings (SSSR count). The smallest absolute Gasteiger partial charge is 0.269 e. The first-order valence-electron chi connectivity index (χ1n) is 8.90. The van der Waals surface area contributed by atoms with Gasteiger partial charge in [0.25, 0.3) is 17.3 Å². The molecular formula is C19H19N5O5. The molecular weight excluding hydrogens is 378 g/mol. The maximum atomic E-state index is 12.8. The topological polar surface area (TPSA) is 131 Å². The second kappa shape index (κ2) is 8.15. The average Bonchev–Trinajstić information content (AvgIpc) is 3.03. The molecule has 1 saturated heterocycles. The molecule has 0 aliphatic carbocycles. The molecule has 1 heterocycles. The lowest BCUT2D eigenvalue weighted by Gasteiger charge is -2.19. The first-order valence-corrected chi connectivity index (χ1v) is 8.90. The minimum Gasteiger partial charge on any atom is -0.280 e. The van der Waals surface area contributed by atoms with Crippen LogP contribution in [0.3, 0.4) is 0 Å². The van der Waals surface area contributed by atoms with Crippen LogP contribution in [0.5, 0.6) is 0 Å². The highest BCUT2D eigenvalue weighted by molar-refractivity contribution is 5.87. The second-order valence-electron chi connectivity index (χ2n) is 6.92. The number of carbonyl (C=O) groups is 1. The van der Waals surface area contributed by atoms with E-state index in [4.69, 9.17) is 0 Å². The highest BCUT2D eigenvalue weighted by atomic mass is 16.6. The minimum absolute atomic E-state index is 0.0163. The summed E-state index contributed by atoms with van der Waals surface area (Å²) in [4.78, 5) is 33.5. The van der Waals surface area contributed by atoms with Gasteiger partial charge in [-0.1, -0.05) is 13.8 Å². The second-order valence-corrected chi connectivity index (χ2v) is 6.92. The van der Waals surface area contributed by atoms with E-state index in [1.807, 2.05) is 13.8 Å². The summed E-state index contributed by atoms with van der Waals surface area (Å²) < 4.78 is 0. The maximum absolute atomic E-state index is 12.8. The molecule has 1 aliphatic heterocycles. The summed E-state index contributed by atoms with van der Waals surface area (Å²) in [5.74, 6) is -0.205. The zero-order valence-corrected chi connectivity index (χ0v) is 15.8. The Labute approximate surface area is 166 Å². The van der Waals surface area contributed by atoms with Gasteiger partial charge < -0.3 is 0 Å². The Bertz CT molecular complexity index is 956. The van der Waals surface area contributed by atoms with Crippen LogP contribution in [-0.4, -0.2) is 33.0 Å². The molecule has 1 fully saturated rings. The lowest BCUT2D eigenvalue weighted by molar-refractivity contribution is -0.385. The van der Waals surface area contributed by atoms with Gasteiger partial charge in [0.05, 0.1) is 22.1 Å². The summed E-state index contributed by atoms with van der Waals surface area (Å²) in [7, 11) is 0. The van der Waals surface area contributed by atoms with Crippen LogP contribution in [-0.2, 0) is 4.79 Å². The van der Waals surface area contributed by atoms with Gasteiger partial charge in [-0.3, -0.25) is 30.3 Å². The Kier molecular flexibility index (Phi) is 5.64. The third-order valence-corrected chi connectivity index (χ3v) is 4.60. The monoisotopic (exact) mass is 397 g/mol. The summed E-state index contributed by atoms with van der Waals surface area (Å²) in [6.45, 7) is 3.82. The van der Waals surface area contributed by atoms with E-state index in [0.29, 0.717) is 11.1 Å². The van der Waals surface area contributed by atoms with E-state index in [1.165, 1.54) is 47.6 Å². The number of nitrogens with zero attached hydrogens (tertiary/aromatic N) is 4. The molecule has 1 N–H and O–H groups in total. The van der Waals surface area contributed by atoms with Crippen molar-refractivity contribution in [3.8, 4) is 0 Å². The largest absolute Gasteiger partial charge is 0.280 e. The number of carbonyl (C=O) groups excluding carboxylic acids is 1. The van der Waals surface area contributed by atoms with Crippen LogP contribution in [0.15, 0.2) is 53.6 Å². The minimum atomic E-state index is -0.579. The Balaban J connectivity index is 1.88. The summed E-state index contributed by atoms with van der Waals surface area (Å²) >= 11 is 0. The van der Waals surface area contributed by atoms with E-state index in [9.17, 15) is 25.0 Å². The summed E-state index contributed by atoms with van der Waals surface area (Å²) in [6, 6.07) is 11.3. The predicted molar refractivity (Wildman–Crippen MR) is 105 cm³/mol. The first-order chi connectivity index (χ1) is 13.8. The van der Waals surface area contributed by atoms with Crippen molar-refractivity contribution >= 4 is 23.5 Å². The fraction of sp³-hybridized carbons (Fsp3) is 0.263. The fourth-order valence-electron chi connectivity index (χ4n) is 3.01. The zero-order valence-electron chi connectivity index (χ0n) is 15.8. The van der Waals surface area contributed by atoms with Crippen LogP contribution in [0.1, 0.15) is 31.1 Å². The molecule has 2 atom stereocenters. The lowest BCUT2D eigenvalue weighted by Crippen LogP contribution is -2.33. The third kappa shape index (κ3) is 4.27. The quantitative estimate of drug-likeness (QED) is 0.453. The van der Waals surface area contributed by atoms with E-state index in [2.05, 4.69) is 10.4 Å². The van der Waals surface area contributed by atoms with Gasteiger partial charge in [-0.15, -0.1) is 0 Å². The van der Waals surface area contributed by atoms with Crippen molar-refractivity contribution in [2.24, 2.45) is 11.0 Å². The van der Waals surface area contributed by atoms with Crippen molar-refractivity contribution in [1.82, 2.24) is 10.3 Å². The molecule has 1 amide bonds. The SMILES string of the molecule is CC(C)[C@@H]1N[C@@H](c2ccc([N+](=O)[O-])cc2)N(/N=C/c2ccc([N+](=O)[O-])cc2)C1=O. The summed E-state index contributed by atoms with van der Waals surface area (Å²) in [5, 5.41) is 30.4. The van der Waals surface area contributed by atoms with Crippen molar-refractivity contribution in [3.05, 3.63) is 79.9 Å².